The lowest BCUT2D eigenvalue weighted by atomic mass is 10.2. The summed E-state index contributed by atoms with van der Waals surface area (Å²) in [6.07, 6.45) is 2.88. The molecule has 4 heteroatoms. The van der Waals surface area contributed by atoms with Crippen molar-refractivity contribution >= 4 is 0 Å². The van der Waals surface area contributed by atoms with Crippen molar-refractivity contribution in [1.29, 1.82) is 0 Å². The van der Waals surface area contributed by atoms with Gasteiger partial charge in [0.05, 0.1) is 4.92 Å². The molecule has 12 heavy (non-hydrogen) atoms. The average Bonchev–Trinajstić information content (AvgIpc) is 1.84. The summed E-state index contributed by atoms with van der Waals surface area (Å²) in [7, 11) is 0. The first-order valence-electron chi connectivity index (χ1n) is 3.39. The number of nitrogens with zero attached hydrogens (tertiary/aromatic N) is 1. The number of hydrogen-bond acceptors (Lipinski definition) is 3. The third kappa shape index (κ3) is 4.27. The van der Waals surface area contributed by atoms with Crippen LogP contribution >= 0.6 is 0 Å². The number of rotatable bonds is 3. The predicted molar refractivity (Wildman–Crippen MR) is 47.8 cm³/mol. The van der Waals surface area contributed by atoms with E-state index in [-0.39, 0.29) is 5.70 Å². The Morgan fingerprint density at radius 1 is 1.50 bits per heavy atom. The Morgan fingerprint density at radius 2 is 2.00 bits per heavy atom. The molecule has 0 aromatic heterocycles. The Morgan fingerprint density at radius 3 is 2.33 bits per heavy atom. The van der Waals surface area contributed by atoms with Crippen LogP contribution in [0.5, 0.6) is 0 Å². The smallest absolute Gasteiger partial charge is 0.264 e. The van der Waals surface area contributed by atoms with Gasteiger partial charge in [0.15, 0.2) is 0 Å². The third-order valence-corrected chi connectivity index (χ3v) is 1.02. The van der Waals surface area contributed by atoms with Crippen molar-refractivity contribution in [2.45, 2.75) is 13.8 Å². The molecule has 0 aromatic carbocycles. The summed E-state index contributed by atoms with van der Waals surface area (Å²) in [5.74, 6) is 0. The van der Waals surface area contributed by atoms with Crippen molar-refractivity contribution in [2.24, 2.45) is 5.73 Å². The SMILES string of the molecule is C=C(/C=C(/N)C=C(C)C)[N+](=O)[O-]. The molecule has 0 fully saturated rings. The predicted octanol–water partition coefficient (Wildman–Crippen LogP) is 1.59. The zero-order chi connectivity index (χ0) is 9.72. The molecule has 0 bridgehead atoms. The van der Waals surface area contributed by atoms with Crippen molar-refractivity contribution in [3.8, 4) is 0 Å². The lowest BCUT2D eigenvalue weighted by Crippen LogP contribution is -1.99. The minimum atomic E-state index is -0.578. The molecule has 0 aliphatic heterocycles. The zero-order valence-electron chi connectivity index (χ0n) is 7.20. The molecule has 0 atom stereocenters. The summed E-state index contributed by atoms with van der Waals surface area (Å²) in [4.78, 5) is 9.53. The first-order valence-corrected chi connectivity index (χ1v) is 3.39. The first kappa shape index (κ1) is 10.4. The number of nitro groups is 1. The molecule has 4 nitrogen and oxygen atoms in total. The molecule has 0 saturated heterocycles. The first-order chi connectivity index (χ1) is 5.43. The Hall–Kier alpha value is -1.58. The molecule has 0 heterocycles. The van der Waals surface area contributed by atoms with Crippen LogP contribution in [-0.4, -0.2) is 4.92 Å². The van der Waals surface area contributed by atoms with Gasteiger partial charge in [0.1, 0.15) is 0 Å². The number of allylic oxidation sites excluding steroid dienone is 3. The zero-order valence-corrected chi connectivity index (χ0v) is 7.20. The quantitative estimate of drug-likeness (QED) is 0.395. The van der Waals surface area contributed by atoms with E-state index in [4.69, 9.17) is 5.73 Å². The number of nitrogens with two attached hydrogens (primary N) is 1. The summed E-state index contributed by atoms with van der Waals surface area (Å²) < 4.78 is 0. The van der Waals surface area contributed by atoms with Crippen LogP contribution in [0.1, 0.15) is 13.8 Å². The molecule has 0 unspecified atom stereocenters. The van der Waals surface area contributed by atoms with Gasteiger partial charge in [0, 0.05) is 11.8 Å². The molecule has 0 spiro atoms. The molecular formula is C8H12N2O2. The van der Waals surface area contributed by atoms with E-state index in [0.29, 0.717) is 5.70 Å². The average molecular weight is 168 g/mol. The van der Waals surface area contributed by atoms with E-state index in [1.54, 1.807) is 6.08 Å². The Kier molecular flexibility index (Phi) is 3.76. The summed E-state index contributed by atoms with van der Waals surface area (Å²) >= 11 is 0. The highest BCUT2D eigenvalue weighted by Gasteiger charge is 2.01. The monoisotopic (exact) mass is 168 g/mol. The van der Waals surface area contributed by atoms with E-state index >= 15 is 0 Å². The van der Waals surface area contributed by atoms with Gasteiger partial charge in [-0.2, -0.15) is 0 Å². The second-order valence-electron chi connectivity index (χ2n) is 2.61. The second kappa shape index (κ2) is 4.33. The van der Waals surface area contributed by atoms with Crippen molar-refractivity contribution in [2.75, 3.05) is 0 Å². The molecule has 0 aliphatic rings. The lowest BCUT2D eigenvalue weighted by molar-refractivity contribution is -0.418. The Balaban J connectivity index is 4.48. The van der Waals surface area contributed by atoms with E-state index < -0.39 is 4.92 Å². The topological polar surface area (TPSA) is 69.2 Å². The van der Waals surface area contributed by atoms with Gasteiger partial charge in [0.25, 0.3) is 5.70 Å². The van der Waals surface area contributed by atoms with Gasteiger partial charge < -0.3 is 5.73 Å². The fourth-order valence-electron chi connectivity index (χ4n) is 0.620. The van der Waals surface area contributed by atoms with Crippen molar-refractivity contribution in [3.63, 3.8) is 0 Å². The maximum Gasteiger partial charge on any atom is 0.264 e. The molecule has 66 valence electrons. The van der Waals surface area contributed by atoms with Gasteiger partial charge in [-0.15, -0.1) is 0 Å². The van der Waals surface area contributed by atoms with Crippen LogP contribution in [0.25, 0.3) is 0 Å². The highest BCUT2D eigenvalue weighted by molar-refractivity contribution is 5.24. The van der Waals surface area contributed by atoms with Gasteiger partial charge in [-0.3, -0.25) is 10.1 Å². The van der Waals surface area contributed by atoms with Gasteiger partial charge in [-0.1, -0.05) is 5.57 Å². The molecule has 0 amide bonds. The van der Waals surface area contributed by atoms with Crippen molar-refractivity contribution < 1.29 is 4.92 Å². The van der Waals surface area contributed by atoms with Crippen molar-refractivity contribution in [3.05, 3.63) is 45.8 Å². The van der Waals surface area contributed by atoms with Crippen molar-refractivity contribution in [1.82, 2.24) is 0 Å². The maximum atomic E-state index is 10.1. The summed E-state index contributed by atoms with van der Waals surface area (Å²) in [6.45, 7) is 6.93. The van der Waals surface area contributed by atoms with Gasteiger partial charge in [-0.25, -0.2) is 0 Å². The van der Waals surface area contributed by atoms with Gasteiger partial charge in [-0.05, 0) is 26.5 Å². The van der Waals surface area contributed by atoms with E-state index in [9.17, 15) is 10.1 Å². The van der Waals surface area contributed by atoms with E-state index in [1.165, 1.54) is 6.08 Å². The third-order valence-electron chi connectivity index (χ3n) is 1.02. The van der Waals surface area contributed by atoms with Crippen LogP contribution in [0.4, 0.5) is 0 Å². The van der Waals surface area contributed by atoms with Crippen LogP contribution in [0.2, 0.25) is 0 Å². The van der Waals surface area contributed by atoms with Crippen LogP contribution < -0.4 is 5.73 Å². The van der Waals surface area contributed by atoms with E-state index in [0.717, 1.165) is 5.57 Å². The van der Waals surface area contributed by atoms with Gasteiger partial charge in [0.2, 0.25) is 0 Å². The summed E-state index contributed by atoms with van der Waals surface area (Å²) in [5, 5.41) is 10.1. The maximum absolute atomic E-state index is 10.1. The number of hydrogen-bond donors (Lipinski definition) is 1. The van der Waals surface area contributed by atoms with Crippen LogP contribution in [0.3, 0.4) is 0 Å². The molecule has 0 aliphatic carbocycles. The normalized spacial score (nSPS) is 10.7. The molecular weight excluding hydrogens is 156 g/mol. The molecule has 0 saturated carbocycles. The molecule has 2 N–H and O–H groups in total. The minimum Gasteiger partial charge on any atom is -0.399 e. The highest BCUT2D eigenvalue weighted by Crippen LogP contribution is 2.00. The molecule has 0 aromatic rings. The van der Waals surface area contributed by atoms with E-state index in [2.05, 4.69) is 6.58 Å². The van der Waals surface area contributed by atoms with Crippen LogP contribution in [-0.2, 0) is 0 Å². The Labute approximate surface area is 71.2 Å². The second-order valence-corrected chi connectivity index (χ2v) is 2.61. The minimum absolute atomic E-state index is 0.204. The van der Waals surface area contributed by atoms with Crippen LogP contribution in [0, 0.1) is 10.1 Å². The van der Waals surface area contributed by atoms with Gasteiger partial charge >= 0.3 is 0 Å². The largest absolute Gasteiger partial charge is 0.399 e. The van der Waals surface area contributed by atoms with E-state index in [1.807, 2.05) is 13.8 Å². The highest BCUT2D eigenvalue weighted by atomic mass is 16.6. The summed E-state index contributed by atoms with van der Waals surface area (Å²) in [5.41, 5.74) is 6.56. The van der Waals surface area contributed by atoms with Crippen LogP contribution in [0.15, 0.2) is 35.7 Å². The Bertz CT molecular complexity index is 260. The lowest BCUT2D eigenvalue weighted by Gasteiger charge is -1.93. The fourth-order valence-corrected chi connectivity index (χ4v) is 0.620. The summed E-state index contributed by atoms with van der Waals surface area (Å²) in [6, 6.07) is 0. The molecule has 0 rings (SSSR count). The standard InChI is InChI=1S/C8H12N2O2/c1-6(2)4-8(9)5-7(3)10(11)12/h4-5H,3,9H2,1-2H3/b8-5+. The fraction of sp³-hybridized carbons (Fsp3) is 0.250. The molecule has 0 radical (unpaired) electrons.